The van der Waals surface area contributed by atoms with E-state index in [1.165, 1.54) is 38.5 Å². The number of carbonyl (C=O) groups excluding carboxylic acids is 2. The van der Waals surface area contributed by atoms with Gasteiger partial charge in [0.1, 0.15) is 6.61 Å². The molecule has 0 radical (unpaired) electrons. The van der Waals surface area contributed by atoms with Gasteiger partial charge >= 0.3 is 17.9 Å². The molecule has 8 heteroatoms. The van der Waals surface area contributed by atoms with Crippen LogP contribution in [-0.2, 0) is 28.6 Å². The van der Waals surface area contributed by atoms with Crippen LogP contribution in [0.25, 0.3) is 0 Å². The summed E-state index contributed by atoms with van der Waals surface area (Å²) in [4.78, 5) is 37.1. The first-order valence-electron chi connectivity index (χ1n) is 24.2. The SMILES string of the molecule is CC/C=C/C=C/C=C/C=C/C=C/C=C/CCCCCC(=O)OC(COCCC(C(=O)O)[N+](C)(C)C)COC(=O)CCCCCCCCCCC/C=C/C/C=C/C/C=C/C/C=C/CC. The molecule has 8 nitrogen and oxygen atoms in total. The van der Waals surface area contributed by atoms with Crippen LogP contribution in [0.3, 0.4) is 0 Å². The minimum absolute atomic E-state index is 0.0322. The average Bonchev–Trinajstić information content (AvgIpc) is 3.24. The third-order valence-corrected chi connectivity index (χ3v) is 10.0. The van der Waals surface area contributed by atoms with E-state index >= 15 is 0 Å². The van der Waals surface area contributed by atoms with Crippen molar-refractivity contribution in [2.24, 2.45) is 0 Å². The number of nitrogens with zero attached hydrogens (tertiary/aromatic N) is 1. The van der Waals surface area contributed by atoms with Crippen LogP contribution in [0.5, 0.6) is 0 Å². The van der Waals surface area contributed by atoms with E-state index in [2.05, 4.69) is 74.6 Å². The van der Waals surface area contributed by atoms with E-state index < -0.39 is 18.1 Å². The second-order valence-corrected chi connectivity index (χ2v) is 16.8. The molecular weight excluding hydrogens is 787 g/mol. The van der Waals surface area contributed by atoms with Crippen molar-refractivity contribution in [2.75, 3.05) is 41.0 Å². The molecule has 0 heterocycles. The van der Waals surface area contributed by atoms with Crippen LogP contribution < -0.4 is 0 Å². The maximum Gasteiger partial charge on any atom is 0.362 e. The highest BCUT2D eigenvalue weighted by Gasteiger charge is 2.31. The molecule has 63 heavy (non-hydrogen) atoms. The number of unbranched alkanes of at least 4 members (excludes halogenated alkanes) is 12. The van der Waals surface area contributed by atoms with Crippen molar-refractivity contribution in [2.45, 2.75) is 167 Å². The molecule has 354 valence electrons. The fraction of sp³-hybridized carbons (Fsp3) is 0.582. The van der Waals surface area contributed by atoms with E-state index in [-0.39, 0.29) is 42.7 Å². The summed E-state index contributed by atoms with van der Waals surface area (Å²) in [6.45, 7) is 4.40. The lowest BCUT2D eigenvalue weighted by Gasteiger charge is -2.31. The van der Waals surface area contributed by atoms with Crippen LogP contribution in [0.1, 0.15) is 155 Å². The topological polar surface area (TPSA) is 99.1 Å². The number of carboxylic acid groups (broad SMARTS) is 1. The van der Waals surface area contributed by atoms with Gasteiger partial charge in [-0.15, -0.1) is 0 Å². The summed E-state index contributed by atoms with van der Waals surface area (Å²) in [6, 6.07) is -0.633. The molecule has 0 saturated heterocycles. The average molecular weight is 875 g/mol. The first kappa shape index (κ1) is 58.7. The van der Waals surface area contributed by atoms with Gasteiger partial charge in [0.05, 0.1) is 34.4 Å². The van der Waals surface area contributed by atoms with E-state index in [0.29, 0.717) is 19.3 Å². The first-order chi connectivity index (χ1) is 30.6. The summed E-state index contributed by atoms with van der Waals surface area (Å²) in [5.41, 5.74) is 0. The van der Waals surface area contributed by atoms with Gasteiger partial charge < -0.3 is 23.8 Å². The molecule has 0 spiro atoms. The quantitative estimate of drug-likeness (QED) is 0.0215. The third kappa shape index (κ3) is 42.8. The Morgan fingerprint density at radius 2 is 0.921 bits per heavy atom. The Morgan fingerprint density at radius 1 is 0.492 bits per heavy atom. The number of hydrogen-bond acceptors (Lipinski definition) is 6. The van der Waals surface area contributed by atoms with E-state index in [0.717, 1.165) is 77.0 Å². The van der Waals surface area contributed by atoms with Crippen molar-refractivity contribution in [1.82, 2.24) is 0 Å². The smallest absolute Gasteiger partial charge is 0.362 e. The van der Waals surface area contributed by atoms with E-state index in [1.54, 1.807) is 0 Å². The predicted octanol–water partition coefficient (Wildman–Crippen LogP) is 13.8. The van der Waals surface area contributed by atoms with Gasteiger partial charge in [-0.2, -0.15) is 0 Å². The van der Waals surface area contributed by atoms with Crippen molar-refractivity contribution in [3.8, 4) is 0 Å². The van der Waals surface area contributed by atoms with Crippen molar-refractivity contribution in [1.29, 1.82) is 0 Å². The summed E-state index contributed by atoms with van der Waals surface area (Å²) >= 11 is 0. The Bertz CT molecular complexity index is 1440. The number of esters is 2. The Hall–Kier alpha value is -4.27. The highest BCUT2D eigenvalue weighted by Crippen LogP contribution is 2.14. The van der Waals surface area contributed by atoms with Gasteiger partial charge in [0, 0.05) is 19.3 Å². The predicted molar refractivity (Wildman–Crippen MR) is 265 cm³/mol. The van der Waals surface area contributed by atoms with Crippen molar-refractivity contribution in [3.05, 3.63) is 122 Å². The van der Waals surface area contributed by atoms with E-state index in [9.17, 15) is 19.5 Å². The first-order valence-corrected chi connectivity index (χ1v) is 24.2. The van der Waals surface area contributed by atoms with Gasteiger partial charge in [0.2, 0.25) is 0 Å². The van der Waals surface area contributed by atoms with Gasteiger partial charge in [0.15, 0.2) is 12.1 Å². The number of quaternary nitrogens is 1. The second kappa shape index (κ2) is 44.3. The minimum atomic E-state index is -0.889. The fourth-order valence-electron chi connectivity index (χ4n) is 6.35. The van der Waals surface area contributed by atoms with Crippen LogP contribution in [0, 0.1) is 0 Å². The lowest BCUT2D eigenvalue weighted by atomic mass is 10.1. The van der Waals surface area contributed by atoms with Gasteiger partial charge in [-0.3, -0.25) is 9.59 Å². The summed E-state index contributed by atoms with van der Waals surface area (Å²) in [6.07, 6.45) is 62.4. The number of hydrogen-bond donors (Lipinski definition) is 1. The number of ether oxygens (including phenoxy) is 3. The Balaban J connectivity index is 4.38. The molecule has 0 fully saturated rings. The van der Waals surface area contributed by atoms with Gasteiger partial charge in [0.25, 0.3) is 0 Å². The molecule has 0 saturated carbocycles. The largest absolute Gasteiger partial charge is 0.477 e. The standard InChI is InChI=1S/C55H87NO7/c1-6-8-10-12-14-16-18-20-22-24-25-26-27-28-30-31-33-35-37-39-41-43-45-53(57)62-50-51(49-61-48-47-52(55(59)60)56(3,4)5)63-54(58)46-44-42-40-38-36-34-32-29-23-21-19-17-15-13-11-9-7-2/h8-11,13-17,19-23,25-26,29,32,34,36,51-52H,6-7,12,18,24,27-28,30-31,33,35,37-50H2,1-5H3/p+1/b10-8+,11-9+,15-13+,16-14+,19-17+,22-20+,23-21+,26-25+,32-29+,36-34+. The molecule has 0 amide bonds. The van der Waals surface area contributed by atoms with Gasteiger partial charge in [-0.05, 0) is 70.6 Å². The van der Waals surface area contributed by atoms with Gasteiger partial charge in [-0.25, -0.2) is 4.79 Å². The Labute approximate surface area is 384 Å². The summed E-state index contributed by atoms with van der Waals surface area (Å²) in [5.74, 6) is -1.55. The number of carboxylic acids is 1. The molecule has 2 unspecified atom stereocenters. The van der Waals surface area contributed by atoms with Crippen LogP contribution in [0.15, 0.2) is 122 Å². The Morgan fingerprint density at radius 3 is 1.44 bits per heavy atom. The van der Waals surface area contributed by atoms with Crippen molar-refractivity contribution >= 4 is 17.9 Å². The summed E-state index contributed by atoms with van der Waals surface area (Å²) in [7, 11) is 5.50. The molecular formula is C55H88NO7+. The number of carbonyl (C=O) groups is 3. The second-order valence-electron chi connectivity index (χ2n) is 16.8. The minimum Gasteiger partial charge on any atom is -0.477 e. The molecule has 1 N–H and O–H groups in total. The normalized spacial score (nSPS) is 14.0. The van der Waals surface area contributed by atoms with E-state index in [1.807, 2.05) is 81.9 Å². The lowest BCUT2D eigenvalue weighted by molar-refractivity contribution is -0.887. The molecule has 0 aromatic rings. The lowest BCUT2D eigenvalue weighted by Crippen LogP contribution is -2.50. The fourth-order valence-corrected chi connectivity index (χ4v) is 6.35. The zero-order valence-corrected chi connectivity index (χ0v) is 40.2. The van der Waals surface area contributed by atoms with Crippen LogP contribution >= 0.6 is 0 Å². The maximum atomic E-state index is 12.8. The Kier molecular flexibility index (Phi) is 41.3. The molecule has 0 aliphatic heterocycles. The molecule has 0 aliphatic carbocycles. The van der Waals surface area contributed by atoms with Crippen molar-refractivity contribution in [3.63, 3.8) is 0 Å². The van der Waals surface area contributed by atoms with E-state index in [4.69, 9.17) is 14.2 Å². The zero-order valence-electron chi connectivity index (χ0n) is 40.2. The molecule has 0 rings (SSSR count). The number of likely N-dealkylation sites (N-methyl/N-ethyl adjacent to an activating group) is 1. The molecule has 0 aliphatic rings. The summed E-state index contributed by atoms with van der Waals surface area (Å²) < 4.78 is 17.3. The van der Waals surface area contributed by atoms with Crippen LogP contribution in [0.2, 0.25) is 0 Å². The molecule has 0 aromatic heterocycles. The molecule has 0 bridgehead atoms. The van der Waals surface area contributed by atoms with Gasteiger partial charge in [-0.1, -0.05) is 187 Å². The molecule has 0 aromatic carbocycles. The highest BCUT2D eigenvalue weighted by atomic mass is 16.6. The number of aliphatic carboxylic acids is 1. The number of allylic oxidation sites excluding steroid dienone is 20. The third-order valence-electron chi connectivity index (χ3n) is 10.0. The maximum absolute atomic E-state index is 12.8. The summed E-state index contributed by atoms with van der Waals surface area (Å²) in [5, 5.41) is 9.64. The zero-order chi connectivity index (χ0) is 46.3. The number of rotatable bonds is 41. The van der Waals surface area contributed by atoms with Crippen LogP contribution in [0.4, 0.5) is 0 Å². The van der Waals surface area contributed by atoms with Crippen molar-refractivity contribution < 1.29 is 38.2 Å². The molecule has 2 atom stereocenters. The monoisotopic (exact) mass is 875 g/mol. The van der Waals surface area contributed by atoms with Crippen LogP contribution in [-0.4, -0.2) is 80.6 Å². The highest BCUT2D eigenvalue weighted by molar-refractivity contribution is 5.72.